The van der Waals surface area contributed by atoms with E-state index >= 15 is 0 Å². The summed E-state index contributed by atoms with van der Waals surface area (Å²) in [6, 6.07) is 67.3. The molecule has 324 valence electrons. The smallest absolute Gasteiger partial charge is 0.259 e. The minimum absolute atomic E-state index is 0.140. The number of nitrogens with zero attached hydrogens (tertiary/aromatic N) is 4. The molecule has 1 aromatic heterocycles. The van der Waals surface area contributed by atoms with Crippen LogP contribution in [0, 0.1) is 41.5 Å². The van der Waals surface area contributed by atoms with Gasteiger partial charge >= 0.3 is 0 Å². The first kappa shape index (κ1) is 40.5. The molecule has 3 heterocycles. The first-order valence-electron chi connectivity index (χ1n) is 23.3. The molecule has 0 bridgehead atoms. The van der Waals surface area contributed by atoms with Crippen molar-refractivity contribution in [3.05, 3.63) is 215 Å². The minimum atomic E-state index is -0.140. The van der Waals surface area contributed by atoms with Crippen LogP contribution >= 0.6 is 0 Å². The number of aromatic nitrogens is 1. The van der Waals surface area contributed by atoms with Crippen molar-refractivity contribution in [1.82, 2.24) is 4.57 Å². The van der Waals surface area contributed by atoms with Gasteiger partial charge in [0.1, 0.15) is 11.5 Å². The summed E-state index contributed by atoms with van der Waals surface area (Å²) in [5, 5.41) is 2.40. The Kier molecular flexibility index (Phi) is 9.44. The standard InChI is InChI=1S/C61H51BN4O/c1-38-12-23-44(24-13-38)64(45-25-14-39(2)15-26-45)49-35-55-59-56(36-49)67-57-37-54(65(46-27-16-40(3)17-28-46)47-29-18-41(4)19-30-47)58-50-10-8-9-11-52(50)63(7)61(58)60(57)62(59)51-34-43(6)22-33-53(51)66(55)48-31-20-42(5)21-32-48/h8-37H,1-7H3. The number of aryl methyl sites for hydroxylation is 7. The van der Waals surface area contributed by atoms with Crippen LogP contribution in [0.1, 0.15) is 33.4 Å². The fourth-order valence-corrected chi connectivity index (χ4v) is 10.6. The zero-order chi connectivity index (χ0) is 45.7. The maximum atomic E-state index is 7.64. The van der Waals surface area contributed by atoms with Gasteiger partial charge in [-0.1, -0.05) is 124 Å². The number of ether oxygens (including phenoxy) is 1. The van der Waals surface area contributed by atoms with E-state index in [4.69, 9.17) is 4.74 Å². The van der Waals surface area contributed by atoms with E-state index in [0.29, 0.717) is 0 Å². The van der Waals surface area contributed by atoms with Crippen molar-refractivity contribution in [3.63, 3.8) is 0 Å². The van der Waals surface area contributed by atoms with Gasteiger partial charge < -0.3 is 24.0 Å². The molecule has 6 heteroatoms. The van der Waals surface area contributed by atoms with Gasteiger partial charge in [-0.15, -0.1) is 0 Å². The molecule has 67 heavy (non-hydrogen) atoms. The van der Waals surface area contributed by atoms with Gasteiger partial charge in [-0.2, -0.15) is 0 Å². The molecule has 0 amide bonds. The Bertz CT molecular complexity index is 3470. The zero-order valence-electron chi connectivity index (χ0n) is 39.1. The summed E-state index contributed by atoms with van der Waals surface area (Å²) in [6.07, 6.45) is 0. The van der Waals surface area contributed by atoms with E-state index in [1.807, 2.05) is 0 Å². The highest BCUT2D eigenvalue weighted by Gasteiger charge is 2.45. The van der Waals surface area contributed by atoms with Crippen molar-refractivity contribution in [2.45, 2.75) is 41.5 Å². The Morgan fingerprint density at radius 1 is 0.433 bits per heavy atom. The molecule has 12 rings (SSSR count). The second kappa shape index (κ2) is 15.6. The molecule has 0 N–H and O–H groups in total. The fraction of sp³-hybridized carbons (Fsp3) is 0.115. The van der Waals surface area contributed by atoms with Crippen LogP contribution in [-0.4, -0.2) is 11.3 Å². The molecule has 9 aromatic carbocycles. The van der Waals surface area contributed by atoms with Crippen LogP contribution in [0.2, 0.25) is 0 Å². The number of hydrogen-bond acceptors (Lipinski definition) is 4. The summed E-state index contributed by atoms with van der Waals surface area (Å²) in [5.74, 6) is 1.70. The van der Waals surface area contributed by atoms with Crippen molar-refractivity contribution < 1.29 is 4.74 Å². The van der Waals surface area contributed by atoms with Crippen molar-refractivity contribution in [2.24, 2.45) is 7.05 Å². The van der Waals surface area contributed by atoms with Crippen LogP contribution in [0.25, 0.3) is 21.8 Å². The second-order valence-electron chi connectivity index (χ2n) is 18.8. The van der Waals surface area contributed by atoms with E-state index in [9.17, 15) is 0 Å². The maximum Gasteiger partial charge on any atom is 0.259 e. The van der Waals surface area contributed by atoms with E-state index in [1.54, 1.807) is 0 Å². The van der Waals surface area contributed by atoms with Crippen LogP contribution < -0.4 is 35.8 Å². The lowest BCUT2D eigenvalue weighted by Crippen LogP contribution is -2.60. The Balaban J connectivity index is 1.20. The normalized spacial score (nSPS) is 12.5. The summed E-state index contributed by atoms with van der Waals surface area (Å²) < 4.78 is 10.1. The van der Waals surface area contributed by atoms with Crippen molar-refractivity contribution >= 4 is 96.1 Å². The third kappa shape index (κ3) is 6.61. The monoisotopic (exact) mass is 866 g/mol. The Morgan fingerprint density at radius 2 is 0.925 bits per heavy atom. The largest absolute Gasteiger partial charge is 0.458 e. The molecule has 10 aromatic rings. The highest BCUT2D eigenvalue weighted by atomic mass is 16.5. The topological polar surface area (TPSA) is 23.9 Å². The van der Waals surface area contributed by atoms with Gasteiger partial charge in [0.15, 0.2) is 0 Å². The number of para-hydroxylation sites is 1. The lowest BCUT2D eigenvalue weighted by atomic mass is 9.33. The zero-order valence-corrected chi connectivity index (χ0v) is 39.1. The first-order valence-corrected chi connectivity index (χ1v) is 23.3. The number of benzene rings is 9. The summed E-state index contributed by atoms with van der Waals surface area (Å²) in [4.78, 5) is 7.26. The van der Waals surface area contributed by atoms with Crippen molar-refractivity contribution in [2.75, 3.05) is 14.7 Å². The van der Waals surface area contributed by atoms with Crippen LogP contribution in [0.4, 0.5) is 51.2 Å². The van der Waals surface area contributed by atoms with Gasteiger partial charge in [-0.05, 0) is 137 Å². The average molecular weight is 867 g/mol. The van der Waals surface area contributed by atoms with E-state index in [0.717, 1.165) is 68.1 Å². The minimum Gasteiger partial charge on any atom is -0.458 e. The maximum absolute atomic E-state index is 7.64. The van der Waals surface area contributed by atoms with Crippen LogP contribution in [0.5, 0.6) is 11.5 Å². The molecular formula is C61H51BN4O. The van der Waals surface area contributed by atoms with Crippen molar-refractivity contribution in [3.8, 4) is 11.5 Å². The van der Waals surface area contributed by atoms with Gasteiger partial charge in [0.05, 0.1) is 11.4 Å². The predicted molar refractivity (Wildman–Crippen MR) is 284 cm³/mol. The van der Waals surface area contributed by atoms with E-state index in [2.05, 4.69) is 250 Å². The Hall–Kier alpha value is -7.96. The Labute approximate surface area is 393 Å². The van der Waals surface area contributed by atoms with E-state index in [-0.39, 0.29) is 6.71 Å². The average Bonchev–Trinajstić information content (AvgIpc) is 3.63. The molecule has 0 aliphatic carbocycles. The quantitative estimate of drug-likeness (QED) is 0.149. The third-order valence-corrected chi connectivity index (χ3v) is 14.0. The SMILES string of the molecule is Cc1ccc(N(c2ccc(C)cc2)c2cc3c4c(c2)N(c2ccc(C)cc2)c2ccc(C)cc2B4c2c(cc(N(c4ccc(C)cc4)c4ccc(C)cc4)c4c5ccccc5n(C)c24)O3)cc1. The second-order valence-corrected chi connectivity index (χ2v) is 18.8. The number of hydrogen-bond donors (Lipinski definition) is 0. The molecule has 0 saturated carbocycles. The van der Waals surface area contributed by atoms with Gasteiger partial charge in [0, 0.05) is 80.8 Å². The molecule has 0 spiro atoms. The molecule has 0 radical (unpaired) electrons. The molecule has 2 aliphatic rings. The predicted octanol–water partition coefficient (Wildman–Crippen LogP) is 14.5. The van der Waals surface area contributed by atoms with Crippen LogP contribution in [0.3, 0.4) is 0 Å². The van der Waals surface area contributed by atoms with Crippen LogP contribution in [0.15, 0.2) is 182 Å². The number of rotatable bonds is 7. The van der Waals surface area contributed by atoms with E-state index < -0.39 is 0 Å². The first-order chi connectivity index (χ1) is 32.6. The van der Waals surface area contributed by atoms with Gasteiger partial charge in [-0.25, -0.2) is 0 Å². The molecule has 0 atom stereocenters. The van der Waals surface area contributed by atoms with E-state index in [1.165, 1.54) is 66.1 Å². The molecule has 0 fully saturated rings. The molecule has 2 aliphatic heterocycles. The molecular weight excluding hydrogens is 816 g/mol. The Morgan fingerprint density at radius 3 is 1.49 bits per heavy atom. The lowest BCUT2D eigenvalue weighted by molar-refractivity contribution is 0.488. The lowest BCUT2D eigenvalue weighted by Gasteiger charge is -2.41. The van der Waals surface area contributed by atoms with Crippen LogP contribution in [-0.2, 0) is 7.05 Å². The number of fused-ring (bicyclic) bond motifs is 8. The summed E-state index contributed by atoms with van der Waals surface area (Å²) in [5.41, 5.74) is 23.0. The fourth-order valence-electron chi connectivity index (χ4n) is 10.6. The third-order valence-electron chi connectivity index (χ3n) is 14.0. The van der Waals surface area contributed by atoms with Gasteiger partial charge in [0.25, 0.3) is 6.71 Å². The summed E-state index contributed by atoms with van der Waals surface area (Å²) in [7, 11) is 2.23. The highest BCUT2D eigenvalue weighted by molar-refractivity contribution is 7.00. The molecule has 0 unspecified atom stereocenters. The van der Waals surface area contributed by atoms with Gasteiger partial charge in [0.2, 0.25) is 0 Å². The summed E-state index contributed by atoms with van der Waals surface area (Å²) in [6.45, 7) is 12.8. The number of anilines is 9. The van der Waals surface area contributed by atoms with Crippen molar-refractivity contribution in [1.29, 1.82) is 0 Å². The molecule has 0 saturated heterocycles. The highest BCUT2D eigenvalue weighted by Crippen LogP contribution is 2.50. The summed E-state index contributed by atoms with van der Waals surface area (Å²) >= 11 is 0. The molecule has 5 nitrogen and oxygen atoms in total. The van der Waals surface area contributed by atoms with Gasteiger partial charge in [-0.3, -0.25) is 0 Å².